The molecule has 1 amide bonds. The number of fused-ring (bicyclic) bond motifs is 1. The van der Waals surface area contributed by atoms with Crippen molar-refractivity contribution >= 4 is 23.1 Å². The molecule has 0 radical (unpaired) electrons. The number of anilines is 2. The zero-order chi connectivity index (χ0) is 27.6. The zero-order valence-electron chi connectivity index (χ0n) is 22.5. The van der Waals surface area contributed by atoms with E-state index in [1.54, 1.807) is 19.1 Å². The van der Waals surface area contributed by atoms with Crippen molar-refractivity contribution in [1.82, 2.24) is 0 Å². The number of Topliss-reactive ketones (excluding diaryl/α,β-unsaturated/α-hetero) is 1. The second kappa shape index (κ2) is 10.7. The number of nitrogens with one attached hydrogen (secondary N) is 1. The number of para-hydroxylation sites is 2. The van der Waals surface area contributed by atoms with Gasteiger partial charge >= 0.3 is 0 Å². The molecule has 1 aliphatic heterocycles. The van der Waals surface area contributed by atoms with Crippen LogP contribution in [0, 0.1) is 0 Å². The summed E-state index contributed by atoms with van der Waals surface area (Å²) in [5.74, 6) is 1.28. The number of benzene rings is 4. The molecule has 2 atom stereocenters. The Morgan fingerprint density at radius 2 is 1.50 bits per heavy atom. The van der Waals surface area contributed by atoms with Gasteiger partial charge in [-0.15, -0.1) is 0 Å². The van der Waals surface area contributed by atoms with Gasteiger partial charge in [-0.05, 0) is 72.0 Å². The normalized spacial score (nSPS) is 18.2. The molecule has 4 aromatic rings. The van der Waals surface area contributed by atoms with Gasteiger partial charge in [-0.1, -0.05) is 54.6 Å². The maximum Gasteiger partial charge on any atom is 0.259 e. The van der Waals surface area contributed by atoms with Gasteiger partial charge in [0, 0.05) is 23.3 Å². The maximum atomic E-state index is 14.3. The largest absolute Gasteiger partial charge is 0.497 e. The number of rotatable bonds is 5. The van der Waals surface area contributed by atoms with E-state index in [-0.39, 0.29) is 17.6 Å². The van der Waals surface area contributed by atoms with E-state index in [1.165, 1.54) is 0 Å². The lowest BCUT2D eigenvalue weighted by Crippen LogP contribution is -2.38. The van der Waals surface area contributed by atoms with Crippen molar-refractivity contribution in [3.63, 3.8) is 0 Å². The summed E-state index contributed by atoms with van der Waals surface area (Å²) in [6.45, 7) is 0. The van der Waals surface area contributed by atoms with Crippen LogP contribution in [-0.2, 0) is 4.79 Å². The van der Waals surface area contributed by atoms with E-state index in [0.717, 1.165) is 28.3 Å². The lowest BCUT2D eigenvalue weighted by Gasteiger charge is -2.35. The molecule has 6 rings (SSSR count). The Labute approximate surface area is 233 Å². The topological polar surface area (TPSA) is 67.9 Å². The molecule has 1 heterocycles. The molecule has 40 heavy (non-hydrogen) atoms. The van der Waals surface area contributed by atoms with E-state index in [1.807, 2.05) is 103 Å². The average molecular weight is 531 g/mol. The number of allylic oxidation sites excluding steroid dienone is 1. The molecule has 0 aromatic heterocycles. The van der Waals surface area contributed by atoms with Gasteiger partial charge in [0.05, 0.1) is 31.6 Å². The highest BCUT2D eigenvalue weighted by Gasteiger charge is 2.42. The molecule has 0 spiro atoms. The van der Waals surface area contributed by atoms with Gasteiger partial charge in [0.25, 0.3) is 5.91 Å². The molecule has 6 nitrogen and oxygen atoms in total. The van der Waals surface area contributed by atoms with Crippen LogP contribution in [0.4, 0.5) is 11.4 Å². The summed E-state index contributed by atoms with van der Waals surface area (Å²) in [7, 11) is 3.26. The number of ketones is 1. The predicted molar refractivity (Wildman–Crippen MR) is 156 cm³/mol. The summed E-state index contributed by atoms with van der Waals surface area (Å²) in [5.41, 5.74) is 5.38. The third-order valence-electron chi connectivity index (χ3n) is 7.72. The first kappa shape index (κ1) is 25.4. The molecular formula is C34H30N2O4. The highest BCUT2D eigenvalue weighted by atomic mass is 16.5. The quantitative estimate of drug-likeness (QED) is 0.303. The molecule has 0 saturated heterocycles. The third-order valence-corrected chi connectivity index (χ3v) is 7.72. The summed E-state index contributed by atoms with van der Waals surface area (Å²) in [4.78, 5) is 30.3. The van der Waals surface area contributed by atoms with Crippen LogP contribution in [0.5, 0.6) is 11.5 Å². The van der Waals surface area contributed by atoms with Gasteiger partial charge in [0.15, 0.2) is 5.78 Å². The number of ether oxygens (including phenoxy) is 2. The molecule has 0 bridgehead atoms. The molecule has 1 N–H and O–H groups in total. The predicted octanol–water partition coefficient (Wildman–Crippen LogP) is 6.92. The molecule has 0 saturated carbocycles. The molecule has 0 unspecified atom stereocenters. The van der Waals surface area contributed by atoms with E-state index in [0.29, 0.717) is 35.4 Å². The lowest BCUT2D eigenvalue weighted by atomic mass is 9.78. The zero-order valence-corrected chi connectivity index (χ0v) is 22.5. The monoisotopic (exact) mass is 530 g/mol. The molecular weight excluding hydrogens is 500 g/mol. The summed E-state index contributed by atoms with van der Waals surface area (Å²) in [6, 6.07) is 31.9. The Bertz CT molecular complexity index is 1590. The summed E-state index contributed by atoms with van der Waals surface area (Å²) < 4.78 is 10.9. The Balaban J connectivity index is 1.54. The fourth-order valence-electron chi connectivity index (χ4n) is 5.77. The number of nitrogens with zero attached hydrogens (tertiary/aromatic N) is 1. The Morgan fingerprint density at radius 1 is 0.775 bits per heavy atom. The van der Waals surface area contributed by atoms with Crippen LogP contribution >= 0.6 is 0 Å². The number of hydrogen-bond acceptors (Lipinski definition) is 5. The Kier molecular flexibility index (Phi) is 6.83. The minimum atomic E-state index is -0.640. The summed E-state index contributed by atoms with van der Waals surface area (Å²) in [6.07, 6.45) is 0.979. The van der Waals surface area contributed by atoms with Gasteiger partial charge in [0.2, 0.25) is 0 Å². The number of amides is 1. The molecule has 1 aliphatic carbocycles. The first-order valence-electron chi connectivity index (χ1n) is 13.4. The number of carbonyl (C=O) groups excluding carboxylic acids is 2. The first-order valence-corrected chi connectivity index (χ1v) is 13.4. The van der Waals surface area contributed by atoms with Crippen LogP contribution in [-0.4, -0.2) is 25.9 Å². The molecule has 200 valence electrons. The van der Waals surface area contributed by atoms with Crippen LogP contribution in [0.3, 0.4) is 0 Å². The minimum Gasteiger partial charge on any atom is -0.497 e. The Morgan fingerprint density at radius 3 is 2.25 bits per heavy atom. The average Bonchev–Trinajstić information content (AvgIpc) is 3.16. The highest BCUT2D eigenvalue weighted by Crippen LogP contribution is 2.48. The third kappa shape index (κ3) is 4.62. The van der Waals surface area contributed by atoms with Crippen LogP contribution in [0.25, 0.3) is 0 Å². The number of hydrogen-bond donors (Lipinski definition) is 1. The van der Waals surface area contributed by atoms with Crippen LogP contribution in [0.1, 0.15) is 46.3 Å². The van der Waals surface area contributed by atoms with Crippen molar-refractivity contribution < 1.29 is 19.1 Å². The van der Waals surface area contributed by atoms with Gasteiger partial charge < -0.3 is 14.8 Å². The van der Waals surface area contributed by atoms with E-state index < -0.39 is 6.04 Å². The lowest BCUT2D eigenvalue weighted by molar-refractivity contribution is -0.116. The standard InChI is InChI=1S/C34H30N2O4/c1-39-26-17-15-22(16-18-26)25-20-29-32(31(37)21-25)33(24-11-8-12-27(19-24)40-2)36(30-14-7-6-13-28(30)35-29)34(38)23-9-4-3-5-10-23/h3-19,25,33,35H,20-21H2,1-2H3/t25-,33-/m1/s1. The molecule has 0 fully saturated rings. The molecule has 6 heteroatoms. The second-order valence-corrected chi connectivity index (χ2v) is 10.1. The van der Waals surface area contributed by atoms with Crippen molar-refractivity contribution in [3.8, 4) is 11.5 Å². The number of carbonyl (C=O) groups is 2. The second-order valence-electron chi connectivity index (χ2n) is 10.1. The van der Waals surface area contributed by atoms with Crippen molar-refractivity contribution in [3.05, 3.63) is 131 Å². The van der Waals surface area contributed by atoms with Gasteiger partial charge in [-0.25, -0.2) is 0 Å². The van der Waals surface area contributed by atoms with E-state index >= 15 is 0 Å². The minimum absolute atomic E-state index is 0.000785. The van der Waals surface area contributed by atoms with E-state index in [2.05, 4.69) is 5.32 Å². The fraction of sp³-hybridized carbons (Fsp3) is 0.176. The van der Waals surface area contributed by atoms with Gasteiger partial charge in [-0.2, -0.15) is 0 Å². The molecule has 4 aromatic carbocycles. The van der Waals surface area contributed by atoms with Gasteiger partial charge in [-0.3, -0.25) is 14.5 Å². The van der Waals surface area contributed by atoms with E-state index in [4.69, 9.17) is 9.47 Å². The first-order chi connectivity index (χ1) is 19.6. The van der Waals surface area contributed by atoms with Crippen LogP contribution in [0.15, 0.2) is 114 Å². The van der Waals surface area contributed by atoms with Crippen molar-refractivity contribution in [2.24, 2.45) is 0 Å². The maximum absolute atomic E-state index is 14.3. The Hall–Kier alpha value is -4.84. The van der Waals surface area contributed by atoms with Crippen LogP contribution < -0.4 is 19.7 Å². The van der Waals surface area contributed by atoms with Crippen molar-refractivity contribution in [2.45, 2.75) is 24.8 Å². The van der Waals surface area contributed by atoms with Crippen LogP contribution in [0.2, 0.25) is 0 Å². The summed E-state index contributed by atoms with van der Waals surface area (Å²) >= 11 is 0. The molecule has 2 aliphatic rings. The van der Waals surface area contributed by atoms with Crippen molar-refractivity contribution in [1.29, 1.82) is 0 Å². The SMILES string of the molecule is COc1ccc([C@H]2CC(=O)C3=C(C2)Nc2ccccc2N(C(=O)c2ccccc2)[C@@H]3c2cccc(OC)c2)cc1. The summed E-state index contributed by atoms with van der Waals surface area (Å²) in [5, 5.41) is 3.59. The smallest absolute Gasteiger partial charge is 0.259 e. The fourth-order valence-corrected chi connectivity index (χ4v) is 5.77. The highest BCUT2D eigenvalue weighted by molar-refractivity contribution is 6.12. The van der Waals surface area contributed by atoms with Crippen molar-refractivity contribution in [2.75, 3.05) is 24.4 Å². The van der Waals surface area contributed by atoms with E-state index in [9.17, 15) is 9.59 Å². The van der Waals surface area contributed by atoms with Gasteiger partial charge in [0.1, 0.15) is 11.5 Å². The number of methoxy groups -OCH3 is 2.